The molecular weight excluding hydrogens is 367 g/mol. The van der Waals surface area contributed by atoms with Crippen molar-refractivity contribution in [1.29, 1.82) is 0 Å². The van der Waals surface area contributed by atoms with Crippen LogP contribution in [-0.2, 0) is 0 Å². The second-order valence-electron chi connectivity index (χ2n) is 6.68. The minimum atomic E-state index is -0.417. The van der Waals surface area contributed by atoms with E-state index in [-0.39, 0.29) is 12.4 Å². The maximum Gasteiger partial charge on any atom is 0.132 e. The number of likely N-dealkylation sites (tertiary alicyclic amines) is 1. The minimum Gasteiger partial charge on any atom is -0.315 e. The van der Waals surface area contributed by atoms with Crippen LogP contribution in [0.25, 0.3) is 0 Å². The lowest BCUT2D eigenvalue weighted by atomic mass is 10.0. The monoisotopic (exact) mass is 386 g/mol. The van der Waals surface area contributed by atoms with Crippen molar-refractivity contribution in [2.75, 3.05) is 19.6 Å². The van der Waals surface area contributed by atoms with E-state index in [9.17, 15) is 9.60 Å². The third kappa shape index (κ3) is 3.66. The maximum atomic E-state index is 14.5. The first kappa shape index (κ1) is 18.3. The van der Waals surface area contributed by atoms with E-state index in [1.54, 1.807) is 36.4 Å². The molecule has 5 nitrogen and oxygen atoms in total. The van der Waals surface area contributed by atoms with Crippen LogP contribution in [-0.4, -0.2) is 47.3 Å². The number of hydrogen-bond donors (Lipinski definition) is 2. The summed E-state index contributed by atoms with van der Waals surface area (Å²) in [5.41, 5.74) is 5.33. The van der Waals surface area contributed by atoms with E-state index in [0.717, 1.165) is 25.9 Å². The highest BCUT2D eigenvalue weighted by molar-refractivity contribution is 6.31. The van der Waals surface area contributed by atoms with Crippen molar-refractivity contribution in [2.24, 2.45) is 9.98 Å². The number of hydrogen-bond acceptors (Lipinski definition) is 5. The zero-order chi connectivity index (χ0) is 18.8. The number of fused-ring (bicyclic) bond motifs is 1. The molecule has 1 atom stereocenters. The largest absolute Gasteiger partial charge is 0.315 e. The molecule has 1 unspecified atom stereocenters. The summed E-state index contributed by atoms with van der Waals surface area (Å²) < 4.78 is 14.5. The van der Waals surface area contributed by atoms with Crippen molar-refractivity contribution in [3.05, 3.63) is 64.4 Å². The van der Waals surface area contributed by atoms with Crippen molar-refractivity contribution in [2.45, 2.75) is 19.0 Å². The van der Waals surface area contributed by atoms with Gasteiger partial charge >= 0.3 is 0 Å². The van der Waals surface area contributed by atoms with Crippen LogP contribution in [0, 0.1) is 5.82 Å². The Bertz CT molecular complexity index is 909. The Hall–Kier alpha value is -2.12. The number of hydroxylamine groups is 1. The lowest BCUT2D eigenvalue weighted by molar-refractivity contribution is 0.0795. The number of benzene rings is 2. The molecule has 0 aliphatic carbocycles. The molecule has 2 aliphatic rings. The van der Waals surface area contributed by atoms with Gasteiger partial charge in [0, 0.05) is 29.2 Å². The summed E-state index contributed by atoms with van der Waals surface area (Å²) >= 11 is 6.19. The van der Waals surface area contributed by atoms with Gasteiger partial charge in [-0.1, -0.05) is 23.7 Å². The zero-order valence-corrected chi connectivity index (χ0v) is 15.5. The normalized spacial score (nSPS) is 18.5. The molecule has 0 spiro atoms. The number of rotatable bonds is 4. The predicted octanol–water partition coefficient (Wildman–Crippen LogP) is 3.80. The minimum absolute atomic E-state index is 0.255. The topological polar surface area (TPSA) is 60.2 Å². The first-order valence-electron chi connectivity index (χ1n) is 8.98. The predicted molar refractivity (Wildman–Crippen MR) is 105 cm³/mol. The molecule has 4 rings (SSSR count). The number of halogens is 2. The Labute approximate surface area is 162 Å². The first-order valence-corrected chi connectivity index (χ1v) is 9.35. The smallest absolute Gasteiger partial charge is 0.132 e. The van der Waals surface area contributed by atoms with Gasteiger partial charge < -0.3 is 5.21 Å². The Morgan fingerprint density at radius 3 is 2.63 bits per heavy atom. The van der Waals surface area contributed by atoms with Gasteiger partial charge in [-0.25, -0.2) is 4.39 Å². The van der Waals surface area contributed by atoms with E-state index < -0.39 is 6.17 Å². The third-order valence-corrected chi connectivity index (χ3v) is 5.18. The van der Waals surface area contributed by atoms with Crippen LogP contribution in [0.3, 0.4) is 0 Å². The molecule has 140 valence electrons. The van der Waals surface area contributed by atoms with E-state index in [1.807, 2.05) is 0 Å². The van der Waals surface area contributed by atoms with Gasteiger partial charge in [-0.3, -0.25) is 14.9 Å². The van der Waals surface area contributed by atoms with Gasteiger partial charge in [0.05, 0.1) is 23.7 Å². The summed E-state index contributed by atoms with van der Waals surface area (Å²) in [6, 6.07) is 11.9. The van der Waals surface area contributed by atoms with Crippen molar-refractivity contribution in [3.8, 4) is 0 Å². The van der Waals surface area contributed by atoms with Crippen LogP contribution in [0.5, 0.6) is 0 Å². The first-order chi connectivity index (χ1) is 13.2. The average Bonchev–Trinajstić information content (AvgIpc) is 3.13. The highest BCUT2D eigenvalue weighted by Gasteiger charge is 2.28. The molecule has 7 heteroatoms. The number of nitrogens with zero attached hydrogens (tertiary/aromatic N) is 3. The van der Waals surface area contributed by atoms with E-state index in [4.69, 9.17) is 16.6 Å². The molecule has 0 amide bonds. The van der Waals surface area contributed by atoms with Crippen molar-refractivity contribution < 1.29 is 9.60 Å². The molecule has 0 bridgehead atoms. The van der Waals surface area contributed by atoms with Crippen LogP contribution in [0.15, 0.2) is 52.4 Å². The van der Waals surface area contributed by atoms with E-state index in [2.05, 4.69) is 15.4 Å². The van der Waals surface area contributed by atoms with Crippen LogP contribution in [0.1, 0.15) is 24.0 Å². The van der Waals surface area contributed by atoms with Crippen molar-refractivity contribution in [1.82, 2.24) is 10.4 Å². The molecule has 0 aromatic heterocycles. The van der Waals surface area contributed by atoms with Gasteiger partial charge in [-0.05, 0) is 43.2 Å². The standard InChI is InChI=1S/C20H20ClFN4O/c21-13-7-8-17-15(11-13)19(14-5-1-2-6-16(14)22)23-12-18(24-17)20(25-27)26-9-3-4-10-26/h1-2,5-8,11,20,25,27H,3-4,9-10,12H2. The summed E-state index contributed by atoms with van der Waals surface area (Å²) in [6.07, 6.45) is 1.75. The van der Waals surface area contributed by atoms with Crippen LogP contribution < -0.4 is 5.48 Å². The van der Waals surface area contributed by atoms with Crippen LogP contribution >= 0.6 is 11.6 Å². The molecule has 2 aliphatic heterocycles. The van der Waals surface area contributed by atoms with Gasteiger partial charge in [0.25, 0.3) is 0 Å². The summed E-state index contributed by atoms with van der Waals surface area (Å²) in [4.78, 5) is 11.6. The van der Waals surface area contributed by atoms with Gasteiger partial charge in [0.1, 0.15) is 12.0 Å². The maximum absolute atomic E-state index is 14.5. The van der Waals surface area contributed by atoms with Crippen molar-refractivity contribution >= 4 is 28.7 Å². The summed E-state index contributed by atoms with van der Waals surface area (Å²) in [7, 11) is 0. The summed E-state index contributed by atoms with van der Waals surface area (Å²) in [5.74, 6) is -0.345. The Kier molecular flexibility index (Phi) is 5.31. The second kappa shape index (κ2) is 7.86. The molecule has 0 saturated carbocycles. The molecule has 2 aromatic carbocycles. The SMILES string of the molecule is ONC(C1=Nc2ccc(Cl)cc2C(c2ccccc2F)=NC1)N1CCCC1. The molecule has 0 radical (unpaired) electrons. The lowest BCUT2D eigenvalue weighted by Gasteiger charge is -2.26. The quantitative estimate of drug-likeness (QED) is 0.786. The van der Waals surface area contributed by atoms with Gasteiger partial charge in [-0.15, -0.1) is 0 Å². The lowest BCUT2D eigenvalue weighted by Crippen LogP contribution is -2.49. The molecule has 2 N–H and O–H groups in total. The van der Waals surface area contributed by atoms with E-state index in [1.165, 1.54) is 6.07 Å². The molecular formula is C20H20ClFN4O. The van der Waals surface area contributed by atoms with Gasteiger partial charge in [0.2, 0.25) is 0 Å². The fourth-order valence-electron chi connectivity index (χ4n) is 3.63. The number of nitrogens with one attached hydrogen (secondary N) is 1. The fraction of sp³-hybridized carbons (Fsp3) is 0.300. The van der Waals surface area contributed by atoms with E-state index in [0.29, 0.717) is 33.3 Å². The van der Waals surface area contributed by atoms with Crippen LogP contribution in [0.2, 0.25) is 5.02 Å². The molecule has 27 heavy (non-hydrogen) atoms. The third-order valence-electron chi connectivity index (χ3n) is 4.95. The Morgan fingerprint density at radius 2 is 1.89 bits per heavy atom. The molecule has 2 aromatic rings. The Balaban J connectivity index is 1.81. The van der Waals surface area contributed by atoms with Crippen molar-refractivity contribution in [3.63, 3.8) is 0 Å². The van der Waals surface area contributed by atoms with Crippen LogP contribution in [0.4, 0.5) is 10.1 Å². The zero-order valence-electron chi connectivity index (χ0n) is 14.7. The average molecular weight is 387 g/mol. The highest BCUT2D eigenvalue weighted by Crippen LogP contribution is 2.30. The van der Waals surface area contributed by atoms with Gasteiger partial charge in [-0.2, -0.15) is 5.48 Å². The summed E-state index contributed by atoms with van der Waals surface area (Å²) in [6.45, 7) is 2.02. The van der Waals surface area contributed by atoms with E-state index >= 15 is 0 Å². The molecule has 2 heterocycles. The highest BCUT2D eigenvalue weighted by atomic mass is 35.5. The molecule has 1 saturated heterocycles. The number of aliphatic imine (C=N–C) groups is 2. The Morgan fingerprint density at radius 1 is 1.11 bits per heavy atom. The fourth-order valence-corrected chi connectivity index (χ4v) is 3.80. The van der Waals surface area contributed by atoms with Gasteiger partial charge in [0.15, 0.2) is 0 Å². The second-order valence-corrected chi connectivity index (χ2v) is 7.12. The summed E-state index contributed by atoms with van der Waals surface area (Å²) in [5, 5.41) is 10.3. The molecule has 1 fully saturated rings.